The zero-order valence-corrected chi connectivity index (χ0v) is 16.1. The van der Waals surface area contributed by atoms with Gasteiger partial charge in [0.15, 0.2) is 11.5 Å². The molecular weight excluding hydrogens is 407 g/mol. The molecule has 1 unspecified atom stereocenters. The Labute approximate surface area is 169 Å². The van der Waals surface area contributed by atoms with Crippen molar-refractivity contribution in [3.05, 3.63) is 63.9 Å². The second-order valence-electron chi connectivity index (χ2n) is 7.32. The number of benzene rings is 2. The predicted octanol–water partition coefficient (Wildman–Crippen LogP) is 5.46. The highest BCUT2D eigenvalue weighted by molar-refractivity contribution is 6.31. The van der Waals surface area contributed by atoms with Crippen LogP contribution in [0.5, 0.6) is 0 Å². The van der Waals surface area contributed by atoms with E-state index in [1.807, 2.05) is 0 Å². The molecule has 0 spiro atoms. The zero-order chi connectivity index (χ0) is 21.2. The van der Waals surface area contributed by atoms with Crippen LogP contribution in [0.4, 0.5) is 18.9 Å². The number of rotatable bonds is 2. The lowest BCUT2D eigenvalue weighted by Crippen LogP contribution is -2.34. The number of aliphatic hydroxyl groups is 1. The van der Waals surface area contributed by atoms with Crippen LogP contribution in [0.3, 0.4) is 0 Å². The van der Waals surface area contributed by atoms with Gasteiger partial charge in [-0.15, -0.1) is 0 Å². The number of ketones is 1. The van der Waals surface area contributed by atoms with Crippen molar-refractivity contribution in [2.75, 3.05) is 4.90 Å². The molecule has 2 aliphatic rings. The van der Waals surface area contributed by atoms with E-state index in [9.17, 15) is 27.9 Å². The molecule has 2 aromatic rings. The van der Waals surface area contributed by atoms with Crippen molar-refractivity contribution in [1.29, 1.82) is 0 Å². The molecule has 4 nitrogen and oxygen atoms in total. The molecule has 2 aromatic carbocycles. The number of hydrogen-bond donors (Lipinski definition) is 1. The number of nitrogens with zero attached hydrogens (tertiary/aromatic N) is 1. The molecule has 0 saturated carbocycles. The number of fused-ring (bicyclic) bond motifs is 6. The smallest absolute Gasteiger partial charge is 0.416 e. The van der Waals surface area contributed by atoms with Crippen LogP contribution < -0.4 is 4.90 Å². The van der Waals surface area contributed by atoms with E-state index in [0.29, 0.717) is 11.1 Å². The van der Waals surface area contributed by atoms with E-state index in [0.717, 1.165) is 12.1 Å². The van der Waals surface area contributed by atoms with Crippen LogP contribution in [0.15, 0.2) is 47.7 Å². The van der Waals surface area contributed by atoms with Crippen molar-refractivity contribution >= 4 is 29.0 Å². The first-order valence-electron chi connectivity index (χ1n) is 8.84. The molecule has 1 amide bonds. The quantitative estimate of drug-likeness (QED) is 0.700. The minimum absolute atomic E-state index is 0.114. The molecule has 0 radical (unpaired) electrons. The number of alkyl halides is 3. The minimum Gasteiger partial charge on any atom is -0.503 e. The normalized spacial score (nSPS) is 18.1. The maximum absolute atomic E-state index is 13.3. The van der Waals surface area contributed by atoms with Gasteiger partial charge in [-0.3, -0.25) is 14.5 Å². The van der Waals surface area contributed by atoms with Gasteiger partial charge in [-0.05, 0) is 35.4 Å². The summed E-state index contributed by atoms with van der Waals surface area (Å²) in [5, 5.41) is 10.7. The molecule has 150 valence electrons. The number of hydrogen-bond acceptors (Lipinski definition) is 3. The van der Waals surface area contributed by atoms with Gasteiger partial charge in [-0.1, -0.05) is 37.6 Å². The lowest BCUT2D eigenvalue weighted by Gasteiger charge is -2.35. The average Bonchev–Trinajstić information content (AvgIpc) is 2.91. The molecule has 0 bridgehead atoms. The van der Waals surface area contributed by atoms with E-state index in [-0.39, 0.29) is 21.8 Å². The summed E-state index contributed by atoms with van der Waals surface area (Å²) in [6.45, 7) is 3.24. The number of Topliss-reactive ketones (excluding diaryl/α,β-unsaturated/α-hetero) is 1. The largest absolute Gasteiger partial charge is 0.503 e. The van der Waals surface area contributed by atoms with Gasteiger partial charge in [0.25, 0.3) is 5.91 Å². The Morgan fingerprint density at radius 2 is 1.83 bits per heavy atom. The molecule has 1 N–H and O–H groups in total. The summed E-state index contributed by atoms with van der Waals surface area (Å²) in [4.78, 5) is 26.8. The Kier molecular flexibility index (Phi) is 4.27. The fourth-order valence-corrected chi connectivity index (χ4v) is 4.01. The third-order valence-corrected chi connectivity index (χ3v) is 5.42. The highest BCUT2D eigenvalue weighted by atomic mass is 35.5. The molecule has 4 rings (SSSR count). The topological polar surface area (TPSA) is 57.6 Å². The van der Waals surface area contributed by atoms with E-state index < -0.39 is 41.1 Å². The lowest BCUT2D eigenvalue weighted by atomic mass is 9.83. The standard InChI is InChI=1S/C21H15ClF3NO3/c1-9(2)18(27)16-17-13-5-3-10(21(23,24)25)7-14(13)12-6-4-11(22)8-15(12)26(17)20(29)19(16)28/h3-9,17,28H,1-2H3. The third-order valence-electron chi connectivity index (χ3n) is 5.18. The fourth-order valence-electron chi connectivity index (χ4n) is 3.85. The maximum atomic E-state index is 13.3. The van der Waals surface area contributed by atoms with Crippen molar-refractivity contribution in [2.24, 2.45) is 5.92 Å². The van der Waals surface area contributed by atoms with Crippen LogP contribution in [-0.4, -0.2) is 16.8 Å². The average molecular weight is 422 g/mol. The Morgan fingerprint density at radius 3 is 2.45 bits per heavy atom. The van der Waals surface area contributed by atoms with Gasteiger partial charge in [0.05, 0.1) is 22.9 Å². The number of anilines is 1. The van der Waals surface area contributed by atoms with E-state index >= 15 is 0 Å². The van der Waals surface area contributed by atoms with Crippen LogP contribution in [0.25, 0.3) is 11.1 Å². The summed E-state index contributed by atoms with van der Waals surface area (Å²) < 4.78 is 39.9. The fraction of sp³-hybridized carbons (Fsp3) is 0.238. The molecule has 0 aliphatic carbocycles. The van der Waals surface area contributed by atoms with Gasteiger partial charge in [0, 0.05) is 16.5 Å². The van der Waals surface area contributed by atoms with Crippen molar-refractivity contribution < 1.29 is 27.9 Å². The molecule has 2 heterocycles. The highest BCUT2D eigenvalue weighted by Gasteiger charge is 2.48. The number of aliphatic hydroxyl groups excluding tert-OH is 1. The second-order valence-corrected chi connectivity index (χ2v) is 7.76. The molecule has 29 heavy (non-hydrogen) atoms. The molecule has 0 saturated heterocycles. The maximum Gasteiger partial charge on any atom is 0.416 e. The SMILES string of the molecule is CC(C)C(=O)C1=C(O)C(=O)N2c3cc(Cl)ccc3-c3cc(C(F)(F)F)ccc3C12. The summed E-state index contributed by atoms with van der Waals surface area (Å²) in [5.74, 6) is -2.43. The Bertz CT molecular complexity index is 1100. The van der Waals surface area contributed by atoms with Crippen molar-refractivity contribution in [2.45, 2.75) is 26.1 Å². The van der Waals surface area contributed by atoms with Gasteiger partial charge in [-0.2, -0.15) is 13.2 Å². The van der Waals surface area contributed by atoms with Crippen molar-refractivity contribution in [1.82, 2.24) is 0 Å². The zero-order valence-electron chi connectivity index (χ0n) is 15.3. The summed E-state index contributed by atoms with van der Waals surface area (Å²) in [7, 11) is 0. The molecular formula is C21H15ClF3NO3. The third kappa shape index (κ3) is 2.83. The van der Waals surface area contributed by atoms with E-state index in [2.05, 4.69) is 0 Å². The van der Waals surface area contributed by atoms with Crippen molar-refractivity contribution in [3.8, 4) is 11.1 Å². The van der Waals surface area contributed by atoms with Gasteiger partial charge >= 0.3 is 6.18 Å². The van der Waals surface area contributed by atoms with Crippen LogP contribution in [0.2, 0.25) is 5.02 Å². The molecule has 0 aromatic heterocycles. The summed E-state index contributed by atoms with van der Waals surface area (Å²) >= 11 is 6.07. The van der Waals surface area contributed by atoms with E-state index in [4.69, 9.17) is 11.6 Å². The number of halogens is 4. The monoisotopic (exact) mass is 421 g/mol. The molecule has 1 atom stereocenters. The first-order chi connectivity index (χ1) is 13.5. The lowest BCUT2D eigenvalue weighted by molar-refractivity contribution is -0.137. The van der Waals surface area contributed by atoms with Gasteiger partial charge in [0.1, 0.15) is 0 Å². The van der Waals surface area contributed by atoms with Gasteiger partial charge in [0.2, 0.25) is 0 Å². The van der Waals surface area contributed by atoms with Crippen LogP contribution >= 0.6 is 11.6 Å². The Morgan fingerprint density at radius 1 is 1.14 bits per heavy atom. The van der Waals surface area contributed by atoms with Crippen LogP contribution in [-0.2, 0) is 15.8 Å². The summed E-state index contributed by atoms with van der Waals surface area (Å²) in [6.07, 6.45) is -4.56. The van der Waals surface area contributed by atoms with E-state index in [1.165, 1.54) is 29.2 Å². The second kappa shape index (κ2) is 6.35. The molecule has 2 aliphatic heterocycles. The summed E-state index contributed by atoms with van der Waals surface area (Å²) in [6, 6.07) is 6.64. The molecule has 0 fully saturated rings. The van der Waals surface area contributed by atoms with Crippen molar-refractivity contribution in [3.63, 3.8) is 0 Å². The molecule has 8 heteroatoms. The minimum atomic E-state index is -4.56. The number of carbonyl (C=O) groups excluding carboxylic acids is 2. The number of amides is 1. The predicted molar refractivity (Wildman–Crippen MR) is 102 cm³/mol. The Balaban J connectivity index is 2.03. The first-order valence-corrected chi connectivity index (χ1v) is 9.22. The summed E-state index contributed by atoms with van der Waals surface area (Å²) in [5.41, 5.74) is 0.235. The van der Waals surface area contributed by atoms with Gasteiger partial charge < -0.3 is 5.11 Å². The first kappa shape index (κ1) is 19.5. The number of carbonyl (C=O) groups is 2. The van der Waals surface area contributed by atoms with E-state index in [1.54, 1.807) is 13.8 Å². The van der Waals surface area contributed by atoms with Gasteiger partial charge in [-0.25, -0.2) is 0 Å². The Hall–Kier alpha value is -2.80. The van der Waals surface area contributed by atoms with Crippen LogP contribution in [0, 0.1) is 5.92 Å². The van der Waals surface area contributed by atoms with Crippen LogP contribution in [0.1, 0.15) is 31.0 Å². The highest BCUT2D eigenvalue weighted by Crippen LogP contribution is 2.53.